The molecule has 0 radical (unpaired) electrons. The third-order valence-corrected chi connectivity index (χ3v) is 8.25. The van der Waals surface area contributed by atoms with Crippen LogP contribution in [0.2, 0.25) is 0 Å². The normalized spacial score (nSPS) is 20.3. The number of carbonyl (C=O) groups excluding carboxylic acids is 1. The van der Waals surface area contributed by atoms with Gasteiger partial charge >= 0.3 is 0 Å². The molecule has 0 N–H and O–H groups in total. The van der Waals surface area contributed by atoms with E-state index >= 15 is 0 Å². The van der Waals surface area contributed by atoms with E-state index < -0.39 is 10.0 Å². The Labute approximate surface area is 200 Å². The predicted octanol–water partition coefficient (Wildman–Crippen LogP) is 2.46. The summed E-state index contributed by atoms with van der Waals surface area (Å²) in [6, 6.07) is 16.7. The average Bonchev–Trinajstić information content (AvgIpc) is 3.01. The van der Waals surface area contributed by atoms with Crippen molar-refractivity contribution in [3.8, 4) is 6.07 Å². The third-order valence-electron chi connectivity index (χ3n) is 6.93. The van der Waals surface area contributed by atoms with Crippen molar-refractivity contribution in [2.24, 2.45) is 10.3 Å². The van der Waals surface area contributed by atoms with Crippen molar-refractivity contribution in [2.75, 3.05) is 44.2 Å². The summed E-state index contributed by atoms with van der Waals surface area (Å²) in [6.07, 6.45) is 2.28. The Kier molecular flexibility index (Phi) is 6.00. The average molecular weight is 478 g/mol. The summed E-state index contributed by atoms with van der Waals surface area (Å²) < 4.78 is 28.8. The third kappa shape index (κ3) is 4.26. The van der Waals surface area contributed by atoms with Crippen molar-refractivity contribution >= 4 is 27.5 Å². The molecule has 176 valence electrons. The Balaban J connectivity index is 1.19. The van der Waals surface area contributed by atoms with Crippen molar-refractivity contribution < 1.29 is 13.2 Å². The SMILES string of the molecule is N#Cc1ccc(N2CCCN(C(=O)C3CCN(C4=NS(=O)(=O)c5ccccc54)CC3)CC2)cc1. The minimum Gasteiger partial charge on any atom is -0.370 e. The fraction of sp³-hybridized carbons (Fsp3) is 0.400. The molecule has 2 aromatic carbocycles. The number of rotatable bonds is 2. The molecule has 34 heavy (non-hydrogen) atoms. The highest BCUT2D eigenvalue weighted by molar-refractivity contribution is 7.90. The molecule has 8 nitrogen and oxygen atoms in total. The first-order chi connectivity index (χ1) is 16.5. The molecule has 3 aliphatic heterocycles. The van der Waals surface area contributed by atoms with Gasteiger partial charge in [-0.25, -0.2) is 0 Å². The summed E-state index contributed by atoms with van der Waals surface area (Å²) in [5.74, 6) is 0.656. The summed E-state index contributed by atoms with van der Waals surface area (Å²) in [7, 11) is -3.64. The maximum absolute atomic E-state index is 13.3. The van der Waals surface area contributed by atoms with E-state index in [-0.39, 0.29) is 16.7 Å². The first-order valence-electron chi connectivity index (χ1n) is 11.7. The van der Waals surface area contributed by atoms with Crippen LogP contribution >= 0.6 is 0 Å². The zero-order chi connectivity index (χ0) is 23.7. The number of anilines is 1. The van der Waals surface area contributed by atoms with Crippen LogP contribution in [0.5, 0.6) is 0 Å². The first kappa shape index (κ1) is 22.4. The van der Waals surface area contributed by atoms with E-state index in [1.54, 1.807) is 18.2 Å². The highest BCUT2D eigenvalue weighted by atomic mass is 32.2. The number of fused-ring (bicyclic) bond motifs is 1. The zero-order valence-corrected chi connectivity index (χ0v) is 19.7. The fourth-order valence-electron chi connectivity index (χ4n) is 5.06. The van der Waals surface area contributed by atoms with Gasteiger partial charge in [0, 0.05) is 56.4 Å². The molecule has 2 saturated heterocycles. The molecule has 0 saturated carbocycles. The van der Waals surface area contributed by atoms with Crippen molar-refractivity contribution in [1.29, 1.82) is 5.26 Å². The summed E-state index contributed by atoms with van der Waals surface area (Å²) in [5, 5.41) is 9.00. The van der Waals surface area contributed by atoms with Gasteiger partial charge < -0.3 is 14.7 Å². The summed E-state index contributed by atoms with van der Waals surface area (Å²) in [6.45, 7) is 4.29. The monoisotopic (exact) mass is 477 g/mol. The molecule has 0 aliphatic carbocycles. The second-order valence-electron chi connectivity index (χ2n) is 8.97. The lowest BCUT2D eigenvalue weighted by molar-refractivity contribution is -0.136. The van der Waals surface area contributed by atoms with Crippen LogP contribution in [0.1, 0.15) is 30.4 Å². The van der Waals surface area contributed by atoms with Gasteiger partial charge in [-0.15, -0.1) is 4.40 Å². The lowest BCUT2D eigenvalue weighted by Crippen LogP contribution is -2.45. The Morgan fingerprint density at radius 3 is 2.38 bits per heavy atom. The minimum atomic E-state index is -3.64. The number of piperidine rings is 1. The second kappa shape index (κ2) is 9.11. The molecular weight excluding hydrogens is 450 g/mol. The molecule has 9 heteroatoms. The van der Waals surface area contributed by atoms with E-state index in [4.69, 9.17) is 5.26 Å². The predicted molar refractivity (Wildman–Crippen MR) is 129 cm³/mol. The second-order valence-corrected chi connectivity index (χ2v) is 10.5. The number of amidine groups is 1. The Morgan fingerprint density at radius 1 is 0.912 bits per heavy atom. The number of hydrogen-bond donors (Lipinski definition) is 0. The van der Waals surface area contributed by atoms with Crippen LogP contribution in [-0.4, -0.2) is 69.2 Å². The summed E-state index contributed by atoms with van der Waals surface area (Å²) in [4.78, 5) is 19.8. The van der Waals surface area contributed by atoms with Crippen LogP contribution in [0.4, 0.5) is 5.69 Å². The number of amides is 1. The number of hydrogen-bond acceptors (Lipinski definition) is 6. The summed E-state index contributed by atoms with van der Waals surface area (Å²) >= 11 is 0. The summed E-state index contributed by atoms with van der Waals surface area (Å²) in [5.41, 5.74) is 2.38. The molecule has 0 bridgehead atoms. The van der Waals surface area contributed by atoms with E-state index in [1.165, 1.54) is 0 Å². The van der Waals surface area contributed by atoms with Crippen LogP contribution in [0.25, 0.3) is 0 Å². The number of carbonyl (C=O) groups is 1. The maximum Gasteiger partial charge on any atom is 0.285 e. The van der Waals surface area contributed by atoms with Gasteiger partial charge in [-0.1, -0.05) is 12.1 Å². The van der Waals surface area contributed by atoms with E-state index in [9.17, 15) is 13.2 Å². The number of nitriles is 1. The standard InChI is InChI=1S/C25H27N5O3S/c26-18-19-6-8-21(9-7-19)28-12-3-13-30(17-16-28)25(31)20-10-14-29(15-11-20)24-22-4-1-2-5-23(22)34(32,33)27-24/h1-2,4-9,20H,3,10-17H2. The number of sulfonamides is 1. The van der Waals surface area contributed by atoms with Gasteiger partial charge in [0.1, 0.15) is 4.90 Å². The van der Waals surface area contributed by atoms with Gasteiger partial charge in [0.25, 0.3) is 10.0 Å². The molecule has 5 rings (SSSR count). The number of nitrogens with zero attached hydrogens (tertiary/aromatic N) is 5. The smallest absolute Gasteiger partial charge is 0.285 e. The van der Waals surface area contributed by atoms with Gasteiger partial charge in [0.2, 0.25) is 5.91 Å². The first-order valence-corrected chi connectivity index (χ1v) is 13.1. The topological polar surface area (TPSA) is 97.1 Å². The van der Waals surface area contributed by atoms with E-state index in [0.717, 1.165) is 31.7 Å². The fourth-order valence-corrected chi connectivity index (χ4v) is 6.28. The molecule has 2 fully saturated rings. The Hall–Kier alpha value is -3.38. The quantitative estimate of drug-likeness (QED) is 0.659. The molecular formula is C25H27N5O3S. The van der Waals surface area contributed by atoms with Gasteiger partial charge in [-0.2, -0.15) is 13.7 Å². The Bertz CT molecular complexity index is 1260. The van der Waals surface area contributed by atoms with Gasteiger partial charge in [-0.05, 0) is 55.7 Å². The molecule has 0 aromatic heterocycles. The van der Waals surface area contributed by atoms with Crippen LogP contribution in [0.15, 0.2) is 57.8 Å². The molecule has 3 heterocycles. The van der Waals surface area contributed by atoms with Gasteiger partial charge in [0.15, 0.2) is 5.84 Å². The molecule has 2 aromatic rings. The number of benzene rings is 2. The highest BCUT2D eigenvalue weighted by Gasteiger charge is 2.35. The molecule has 1 amide bonds. The molecule has 0 spiro atoms. The van der Waals surface area contributed by atoms with E-state index in [1.807, 2.05) is 40.1 Å². The minimum absolute atomic E-state index is 0.0495. The highest BCUT2D eigenvalue weighted by Crippen LogP contribution is 2.30. The molecule has 0 atom stereocenters. The number of likely N-dealkylation sites (tertiary alicyclic amines) is 1. The van der Waals surface area contributed by atoms with Crippen LogP contribution < -0.4 is 4.90 Å². The van der Waals surface area contributed by atoms with Crippen molar-refractivity contribution in [3.05, 3.63) is 59.7 Å². The van der Waals surface area contributed by atoms with Gasteiger partial charge in [0.05, 0.1) is 11.6 Å². The Morgan fingerprint density at radius 2 is 1.65 bits per heavy atom. The van der Waals surface area contributed by atoms with Crippen molar-refractivity contribution in [2.45, 2.75) is 24.2 Å². The molecule has 3 aliphatic rings. The van der Waals surface area contributed by atoms with Gasteiger partial charge in [-0.3, -0.25) is 4.79 Å². The van der Waals surface area contributed by atoms with Crippen molar-refractivity contribution in [3.63, 3.8) is 0 Å². The largest absolute Gasteiger partial charge is 0.370 e. The van der Waals surface area contributed by atoms with E-state index in [2.05, 4.69) is 15.4 Å². The molecule has 0 unspecified atom stereocenters. The zero-order valence-electron chi connectivity index (χ0n) is 18.9. The maximum atomic E-state index is 13.3. The lowest BCUT2D eigenvalue weighted by atomic mass is 9.94. The van der Waals surface area contributed by atoms with Crippen molar-refractivity contribution in [1.82, 2.24) is 9.80 Å². The van der Waals surface area contributed by atoms with E-state index in [0.29, 0.717) is 49.4 Å². The van der Waals surface area contributed by atoms with Crippen LogP contribution in [0.3, 0.4) is 0 Å². The van der Waals surface area contributed by atoms with Crippen LogP contribution in [0, 0.1) is 17.2 Å². The lowest BCUT2D eigenvalue weighted by Gasteiger charge is -2.35. The van der Waals surface area contributed by atoms with Crippen LogP contribution in [-0.2, 0) is 14.8 Å².